The molecule has 0 bridgehead atoms. The molecule has 0 radical (unpaired) electrons. The number of hydrogen-bond acceptors (Lipinski definition) is 6. The Morgan fingerprint density at radius 1 is 1.03 bits per heavy atom. The van der Waals surface area contributed by atoms with E-state index < -0.39 is 17.8 Å². The first-order chi connectivity index (χ1) is 18.2. The highest BCUT2D eigenvalue weighted by molar-refractivity contribution is 5.71. The van der Waals surface area contributed by atoms with Crippen LogP contribution in [-0.4, -0.2) is 69.4 Å². The van der Waals surface area contributed by atoms with Crippen LogP contribution in [0, 0.1) is 6.92 Å². The summed E-state index contributed by atoms with van der Waals surface area (Å²) in [5, 5.41) is 0. The van der Waals surface area contributed by atoms with Gasteiger partial charge in [0.1, 0.15) is 23.8 Å². The monoisotopic (exact) mass is 520 g/mol. The third kappa shape index (κ3) is 7.27. The molecular weight excluding hydrogens is 484 g/mol. The highest BCUT2D eigenvalue weighted by Gasteiger charge is 2.35. The summed E-state index contributed by atoms with van der Waals surface area (Å²) in [6.45, 7) is 9.10. The van der Waals surface area contributed by atoms with Crippen LogP contribution in [0.25, 0.3) is 5.69 Å². The molecule has 202 valence electrons. The maximum atomic E-state index is 13.0. The average molecular weight is 521 g/mol. The summed E-state index contributed by atoms with van der Waals surface area (Å²) in [4.78, 5) is 33.4. The molecule has 3 aromatic rings. The molecule has 9 heteroatoms. The number of hydrogen-bond donors (Lipinski definition) is 0. The molecule has 1 saturated heterocycles. The van der Waals surface area contributed by atoms with Crippen LogP contribution in [0.4, 0.5) is 9.59 Å². The van der Waals surface area contributed by atoms with E-state index in [-0.39, 0.29) is 12.6 Å². The van der Waals surface area contributed by atoms with Crippen LogP contribution >= 0.6 is 0 Å². The van der Waals surface area contributed by atoms with Crippen molar-refractivity contribution in [3.05, 3.63) is 78.4 Å². The fourth-order valence-corrected chi connectivity index (χ4v) is 4.33. The predicted molar refractivity (Wildman–Crippen MR) is 143 cm³/mol. The first-order valence-electron chi connectivity index (χ1n) is 12.9. The minimum absolute atomic E-state index is 0.201. The second kappa shape index (κ2) is 12.0. The lowest BCUT2D eigenvalue weighted by molar-refractivity contribution is -0.00614. The summed E-state index contributed by atoms with van der Waals surface area (Å²) < 4.78 is 19.2. The van der Waals surface area contributed by atoms with Gasteiger partial charge in [0.15, 0.2) is 0 Å². The molecule has 0 N–H and O–H groups in total. The van der Waals surface area contributed by atoms with Crippen molar-refractivity contribution in [3.8, 4) is 11.4 Å². The van der Waals surface area contributed by atoms with Gasteiger partial charge in [-0.1, -0.05) is 36.4 Å². The Morgan fingerprint density at radius 3 is 2.53 bits per heavy atom. The van der Waals surface area contributed by atoms with Gasteiger partial charge in [-0.2, -0.15) is 0 Å². The van der Waals surface area contributed by atoms with Crippen molar-refractivity contribution in [2.45, 2.75) is 52.4 Å². The molecule has 2 aromatic carbocycles. The van der Waals surface area contributed by atoms with Gasteiger partial charge in [-0.05, 0) is 45.4 Å². The highest BCUT2D eigenvalue weighted by atomic mass is 16.6. The van der Waals surface area contributed by atoms with E-state index in [2.05, 4.69) is 4.98 Å². The Balaban J connectivity index is 1.39. The van der Waals surface area contributed by atoms with Gasteiger partial charge < -0.3 is 28.6 Å². The number of imidazole rings is 1. The maximum Gasteiger partial charge on any atom is 0.410 e. The Morgan fingerprint density at radius 2 is 1.82 bits per heavy atom. The number of amides is 2. The molecule has 1 fully saturated rings. The first-order valence-corrected chi connectivity index (χ1v) is 12.9. The number of carbonyl (C=O) groups excluding carboxylic acids is 2. The number of benzene rings is 2. The van der Waals surface area contributed by atoms with Gasteiger partial charge in [-0.25, -0.2) is 14.6 Å². The quantitative estimate of drug-likeness (QED) is 0.425. The van der Waals surface area contributed by atoms with Crippen LogP contribution in [0.15, 0.2) is 67.0 Å². The lowest BCUT2D eigenvalue weighted by Crippen LogP contribution is -2.57. The van der Waals surface area contributed by atoms with Crippen LogP contribution in [0.2, 0.25) is 0 Å². The number of aryl methyl sites for hydroxylation is 1. The Kier molecular flexibility index (Phi) is 8.55. The number of piperazine rings is 1. The molecule has 2 amide bonds. The van der Waals surface area contributed by atoms with Crippen LogP contribution in [0.5, 0.6) is 5.75 Å². The maximum absolute atomic E-state index is 13.0. The van der Waals surface area contributed by atoms with Gasteiger partial charge in [0.2, 0.25) is 0 Å². The van der Waals surface area contributed by atoms with E-state index in [1.807, 2.05) is 93.1 Å². The van der Waals surface area contributed by atoms with Crippen LogP contribution in [0.3, 0.4) is 0 Å². The summed E-state index contributed by atoms with van der Waals surface area (Å²) in [5.41, 5.74) is 1.26. The van der Waals surface area contributed by atoms with Gasteiger partial charge in [0.25, 0.3) is 0 Å². The first kappa shape index (κ1) is 27.0. The zero-order chi connectivity index (χ0) is 27.1. The lowest BCUT2D eigenvalue weighted by atomic mass is 10.1. The van der Waals surface area contributed by atoms with E-state index in [9.17, 15) is 9.59 Å². The minimum atomic E-state index is -0.615. The number of rotatable bonds is 7. The van der Waals surface area contributed by atoms with Crippen molar-refractivity contribution in [2.24, 2.45) is 0 Å². The van der Waals surface area contributed by atoms with Crippen LogP contribution in [0.1, 0.15) is 38.6 Å². The standard InChI is InChI=1S/C29H36N4O5/c1-22-30-14-15-32(22)24-11-8-12-26(19-24)36-18-13-25-20-31(16-17-33(25)28(35)38-29(2,3)4)27(34)37-21-23-9-6-5-7-10-23/h5-12,14-15,19,25H,13,16-18,20-21H2,1-4H3/t25-/m1/s1. The van der Waals surface area contributed by atoms with Gasteiger partial charge in [0.05, 0.1) is 18.3 Å². The van der Waals surface area contributed by atoms with Crippen molar-refractivity contribution in [1.29, 1.82) is 0 Å². The van der Waals surface area contributed by atoms with Crippen LogP contribution in [-0.2, 0) is 16.1 Å². The number of aromatic nitrogens is 2. The molecular formula is C29H36N4O5. The molecule has 9 nitrogen and oxygen atoms in total. The Hall–Kier alpha value is -4.01. The second-order valence-electron chi connectivity index (χ2n) is 10.3. The molecule has 4 rings (SSSR count). The van der Waals surface area contributed by atoms with Crippen molar-refractivity contribution in [2.75, 3.05) is 26.2 Å². The summed E-state index contributed by atoms with van der Waals surface area (Å²) >= 11 is 0. The van der Waals surface area contributed by atoms with E-state index in [0.717, 1.165) is 17.1 Å². The van der Waals surface area contributed by atoms with E-state index in [0.29, 0.717) is 38.4 Å². The average Bonchev–Trinajstić information content (AvgIpc) is 3.33. The van der Waals surface area contributed by atoms with Gasteiger partial charge >= 0.3 is 12.2 Å². The van der Waals surface area contributed by atoms with Crippen LogP contribution < -0.4 is 4.74 Å². The van der Waals surface area contributed by atoms with Crippen molar-refractivity contribution < 1.29 is 23.8 Å². The normalized spacial score (nSPS) is 15.7. The topological polar surface area (TPSA) is 86.1 Å². The smallest absolute Gasteiger partial charge is 0.410 e. The third-order valence-corrected chi connectivity index (χ3v) is 6.22. The molecule has 1 aromatic heterocycles. The fraction of sp³-hybridized carbons (Fsp3) is 0.414. The van der Waals surface area contributed by atoms with Gasteiger partial charge in [-0.3, -0.25) is 0 Å². The number of carbonyl (C=O) groups is 2. The number of ether oxygens (including phenoxy) is 3. The van der Waals surface area contributed by atoms with Gasteiger partial charge in [0, 0.05) is 44.5 Å². The third-order valence-electron chi connectivity index (χ3n) is 6.22. The molecule has 2 heterocycles. The minimum Gasteiger partial charge on any atom is -0.493 e. The Labute approximate surface area is 223 Å². The number of nitrogens with zero attached hydrogens (tertiary/aromatic N) is 4. The van der Waals surface area contributed by atoms with Crippen molar-refractivity contribution in [1.82, 2.24) is 19.4 Å². The van der Waals surface area contributed by atoms with E-state index in [1.54, 1.807) is 16.0 Å². The molecule has 1 aliphatic heterocycles. The summed E-state index contributed by atoms with van der Waals surface area (Å²) in [5.74, 6) is 1.60. The van der Waals surface area contributed by atoms with Crippen molar-refractivity contribution in [3.63, 3.8) is 0 Å². The second-order valence-corrected chi connectivity index (χ2v) is 10.3. The van der Waals surface area contributed by atoms with E-state index in [1.165, 1.54) is 0 Å². The lowest BCUT2D eigenvalue weighted by Gasteiger charge is -2.41. The molecule has 0 unspecified atom stereocenters. The summed E-state index contributed by atoms with van der Waals surface area (Å²) in [7, 11) is 0. The zero-order valence-electron chi connectivity index (χ0n) is 22.5. The fourth-order valence-electron chi connectivity index (χ4n) is 4.33. The molecule has 1 atom stereocenters. The highest BCUT2D eigenvalue weighted by Crippen LogP contribution is 2.21. The summed E-state index contributed by atoms with van der Waals surface area (Å²) in [6, 6.07) is 17.1. The molecule has 1 aliphatic rings. The SMILES string of the molecule is Cc1nccn1-c1cccc(OCC[C@@H]2CN(C(=O)OCc3ccccc3)CCN2C(=O)OC(C)(C)C)c1. The van der Waals surface area contributed by atoms with Gasteiger partial charge in [-0.15, -0.1) is 0 Å². The molecule has 0 aliphatic carbocycles. The Bertz CT molecular complexity index is 1220. The zero-order valence-corrected chi connectivity index (χ0v) is 22.5. The molecule has 0 saturated carbocycles. The van der Waals surface area contributed by atoms with E-state index in [4.69, 9.17) is 14.2 Å². The largest absolute Gasteiger partial charge is 0.493 e. The predicted octanol–water partition coefficient (Wildman–Crippen LogP) is 5.21. The molecule has 0 spiro atoms. The summed E-state index contributed by atoms with van der Waals surface area (Å²) in [6.07, 6.45) is 3.40. The molecule has 38 heavy (non-hydrogen) atoms. The van der Waals surface area contributed by atoms with Crippen molar-refractivity contribution >= 4 is 12.2 Å². The van der Waals surface area contributed by atoms with E-state index >= 15 is 0 Å².